The predicted octanol–water partition coefficient (Wildman–Crippen LogP) is 3.17. The van der Waals surface area contributed by atoms with Crippen molar-refractivity contribution >= 4 is 0 Å². The first-order valence-corrected chi connectivity index (χ1v) is 5.25. The second-order valence-corrected chi connectivity index (χ2v) is 3.59. The molecule has 5 heteroatoms. The highest BCUT2D eigenvalue weighted by atomic mass is 19.4. The molecule has 0 aliphatic heterocycles. The number of ether oxygens (including phenoxy) is 2. The molecule has 0 N–H and O–H groups in total. The molecule has 17 heavy (non-hydrogen) atoms. The van der Waals surface area contributed by atoms with E-state index in [2.05, 4.69) is 4.74 Å². The van der Waals surface area contributed by atoms with Gasteiger partial charge in [-0.25, -0.2) is 0 Å². The number of alkyl halides is 3. The van der Waals surface area contributed by atoms with Crippen LogP contribution >= 0.6 is 0 Å². The highest BCUT2D eigenvalue weighted by Crippen LogP contribution is 2.24. The minimum Gasteiger partial charge on any atom is -0.377 e. The molecule has 0 radical (unpaired) electrons. The normalized spacial score (nSPS) is 13.6. The fraction of sp³-hybridized carbons (Fsp3) is 0.500. The van der Waals surface area contributed by atoms with E-state index in [0.717, 1.165) is 12.7 Å². The molecular formula is C12H15F3O2. The Hall–Kier alpha value is -1.07. The van der Waals surface area contributed by atoms with E-state index in [0.29, 0.717) is 6.61 Å². The van der Waals surface area contributed by atoms with Gasteiger partial charge >= 0.3 is 6.18 Å². The van der Waals surface area contributed by atoms with Gasteiger partial charge in [-0.1, -0.05) is 30.3 Å². The first kappa shape index (κ1) is 14.0. The monoisotopic (exact) mass is 248 g/mol. The number of rotatable bonds is 6. The Bertz CT molecular complexity index is 311. The molecule has 0 saturated heterocycles. The van der Waals surface area contributed by atoms with Gasteiger partial charge in [0.05, 0.1) is 6.61 Å². The van der Waals surface area contributed by atoms with Crippen LogP contribution in [0.4, 0.5) is 13.2 Å². The van der Waals surface area contributed by atoms with Crippen molar-refractivity contribution in [2.24, 2.45) is 0 Å². The Morgan fingerprint density at radius 1 is 1.18 bits per heavy atom. The van der Waals surface area contributed by atoms with Gasteiger partial charge in [0.2, 0.25) is 0 Å². The van der Waals surface area contributed by atoms with Gasteiger partial charge in [0, 0.05) is 20.1 Å². The number of hydrogen-bond donors (Lipinski definition) is 0. The Labute approximate surface area is 98.3 Å². The molecule has 0 aliphatic rings. The molecule has 1 aromatic carbocycles. The average Bonchev–Trinajstić information content (AvgIpc) is 2.28. The molecular weight excluding hydrogens is 233 g/mol. The summed E-state index contributed by atoms with van der Waals surface area (Å²) in [4.78, 5) is 0. The van der Waals surface area contributed by atoms with Gasteiger partial charge in [0.1, 0.15) is 0 Å². The molecule has 1 atom stereocenters. The van der Waals surface area contributed by atoms with Crippen LogP contribution in [-0.2, 0) is 16.1 Å². The zero-order valence-corrected chi connectivity index (χ0v) is 9.54. The smallest absolute Gasteiger partial charge is 0.377 e. The number of halogens is 3. The Balaban J connectivity index is 2.24. The summed E-state index contributed by atoms with van der Waals surface area (Å²) in [5.74, 6) is 0. The molecule has 1 aromatic rings. The van der Waals surface area contributed by atoms with E-state index in [4.69, 9.17) is 4.74 Å². The van der Waals surface area contributed by atoms with E-state index in [9.17, 15) is 13.2 Å². The van der Waals surface area contributed by atoms with Crippen molar-refractivity contribution in [2.45, 2.75) is 25.3 Å². The van der Waals surface area contributed by atoms with Crippen molar-refractivity contribution in [1.82, 2.24) is 0 Å². The fourth-order valence-electron chi connectivity index (χ4n) is 1.37. The maximum atomic E-state index is 12.3. The van der Waals surface area contributed by atoms with Gasteiger partial charge in [-0.15, -0.1) is 0 Å². The van der Waals surface area contributed by atoms with Gasteiger partial charge in [0.15, 0.2) is 6.10 Å². The van der Waals surface area contributed by atoms with Gasteiger partial charge in [-0.2, -0.15) is 13.2 Å². The van der Waals surface area contributed by atoms with Crippen LogP contribution in [0.25, 0.3) is 0 Å². The zero-order chi connectivity index (χ0) is 12.7. The van der Waals surface area contributed by atoms with Crippen LogP contribution < -0.4 is 0 Å². The Morgan fingerprint density at radius 2 is 1.82 bits per heavy atom. The van der Waals surface area contributed by atoms with E-state index < -0.39 is 12.3 Å². The third kappa shape index (κ3) is 5.19. The van der Waals surface area contributed by atoms with Gasteiger partial charge in [-0.3, -0.25) is 0 Å². The summed E-state index contributed by atoms with van der Waals surface area (Å²) in [5, 5.41) is 0. The summed E-state index contributed by atoms with van der Waals surface area (Å²) in [6.07, 6.45) is -6.27. The van der Waals surface area contributed by atoms with Crippen LogP contribution in [0.1, 0.15) is 12.0 Å². The van der Waals surface area contributed by atoms with E-state index in [1.807, 2.05) is 30.3 Å². The minimum atomic E-state index is -4.33. The lowest BCUT2D eigenvalue weighted by Gasteiger charge is -2.18. The van der Waals surface area contributed by atoms with Crippen molar-refractivity contribution in [3.63, 3.8) is 0 Å². The van der Waals surface area contributed by atoms with Crippen molar-refractivity contribution in [3.05, 3.63) is 35.9 Å². The van der Waals surface area contributed by atoms with Crippen molar-refractivity contribution < 1.29 is 22.6 Å². The first-order valence-electron chi connectivity index (χ1n) is 5.25. The molecule has 0 saturated carbocycles. The Kier molecular flexibility index (Phi) is 5.44. The van der Waals surface area contributed by atoms with Crippen LogP contribution in [0.3, 0.4) is 0 Å². The second-order valence-electron chi connectivity index (χ2n) is 3.59. The molecule has 0 aromatic heterocycles. The first-order chi connectivity index (χ1) is 8.04. The number of benzene rings is 1. The predicted molar refractivity (Wildman–Crippen MR) is 57.6 cm³/mol. The van der Waals surface area contributed by atoms with Crippen LogP contribution in [0.2, 0.25) is 0 Å². The molecule has 0 bridgehead atoms. The second kappa shape index (κ2) is 6.61. The van der Waals surface area contributed by atoms with Gasteiger partial charge in [-0.05, 0) is 5.56 Å². The molecule has 96 valence electrons. The molecule has 0 fully saturated rings. The molecule has 0 amide bonds. The summed E-state index contributed by atoms with van der Waals surface area (Å²) < 4.78 is 46.4. The maximum absolute atomic E-state index is 12.3. The molecule has 2 nitrogen and oxygen atoms in total. The lowest BCUT2D eigenvalue weighted by molar-refractivity contribution is -0.217. The summed E-state index contributed by atoms with van der Waals surface area (Å²) >= 11 is 0. The quantitative estimate of drug-likeness (QED) is 0.720. The van der Waals surface area contributed by atoms with E-state index >= 15 is 0 Å². The average molecular weight is 248 g/mol. The van der Waals surface area contributed by atoms with E-state index in [1.54, 1.807) is 0 Å². The molecule has 1 rings (SSSR count). The summed E-state index contributed by atoms with van der Waals surface area (Å²) in [6.45, 7) is 0.335. The standard InChI is InChI=1S/C12H15F3O2/c1-16-11(12(13,14)15)7-8-17-9-10-5-3-2-4-6-10/h2-6,11H,7-9H2,1H3. The summed E-state index contributed by atoms with van der Waals surface area (Å²) in [7, 11) is 1.05. The third-order valence-corrected chi connectivity index (χ3v) is 2.29. The molecule has 0 aliphatic carbocycles. The zero-order valence-electron chi connectivity index (χ0n) is 9.54. The van der Waals surface area contributed by atoms with Crippen LogP contribution in [0.5, 0.6) is 0 Å². The van der Waals surface area contributed by atoms with Crippen molar-refractivity contribution in [1.29, 1.82) is 0 Å². The summed E-state index contributed by atoms with van der Waals surface area (Å²) in [6, 6.07) is 9.29. The highest BCUT2D eigenvalue weighted by molar-refractivity contribution is 5.13. The van der Waals surface area contributed by atoms with Gasteiger partial charge < -0.3 is 9.47 Å². The van der Waals surface area contributed by atoms with Crippen molar-refractivity contribution in [2.75, 3.05) is 13.7 Å². The number of methoxy groups -OCH3 is 1. The third-order valence-electron chi connectivity index (χ3n) is 2.29. The topological polar surface area (TPSA) is 18.5 Å². The molecule has 0 spiro atoms. The lowest BCUT2D eigenvalue weighted by atomic mass is 10.2. The maximum Gasteiger partial charge on any atom is 0.414 e. The minimum absolute atomic E-state index is 0.0207. The number of hydrogen-bond acceptors (Lipinski definition) is 2. The molecule has 0 heterocycles. The van der Waals surface area contributed by atoms with Gasteiger partial charge in [0.25, 0.3) is 0 Å². The fourth-order valence-corrected chi connectivity index (χ4v) is 1.37. The van der Waals surface area contributed by atoms with Crippen molar-refractivity contribution in [3.8, 4) is 0 Å². The lowest BCUT2D eigenvalue weighted by Crippen LogP contribution is -2.31. The van der Waals surface area contributed by atoms with E-state index in [1.165, 1.54) is 0 Å². The Morgan fingerprint density at radius 3 is 2.35 bits per heavy atom. The van der Waals surface area contributed by atoms with E-state index in [-0.39, 0.29) is 13.0 Å². The van der Waals surface area contributed by atoms with Crippen LogP contribution in [0.15, 0.2) is 30.3 Å². The van der Waals surface area contributed by atoms with Crippen LogP contribution in [0, 0.1) is 0 Å². The van der Waals surface area contributed by atoms with Crippen LogP contribution in [-0.4, -0.2) is 26.0 Å². The SMILES string of the molecule is COC(CCOCc1ccccc1)C(F)(F)F. The largest absolute Gasteiger partial charge is 0.414 e. The molecule has 1 unspecified atom stereocenters. The summed E-state index contributed by atoms with van der Waals surface area (Å²) in [5.41, 5.74) is 0.938. The highest BCUT2D eigenvalue weighted by Gasteiger charge is 2.39.